The number of methoxy groups -OCH3 is 5. The van der Waals surface area contributed by atoms with Gasteiger partial charge in [0.2, 0.25) is 5.75 Å². The standard InChI is InChI=1S/C22H29NO5/c1-22(2)12-14-10-16(24-3)17(25-4)11-15(14)20(23-22)13-8-18(26-5)21(28-7)19(9-13)27-6/h8-11,20,23H,12H2,1-7H3/t20-/m1/s1. The van der Waals surface area contributed by atoms with Crippen LogP contribution in [0, 0.1) is 0 Å². The van der Waals surface area contributed by atoms with E-state index in [2.05, 4.69) is 25.2 Å². The number of hydrogen-bond donors (Lipinski definition) is 1. The van der Waals surface area contributed by atoms with E-state index in [0.29, 0.717) is 23.0 Å². The van der Waals surface area contributed by atoms with Crippen molar-refractivity contribution in [1.82, 2.24) is 5.32 Å². The van der Waals surface area contributed by atoms with Crippen LogP contribution in [0.2, 0.25) is 0 Å². The first-order valence-electron chi connectivity index (χ1n) is 9.19. The van der Waals surface area contributed by atoms with Crippen LogP contribution in [0.3, 0.4) is 0 Å². The first kappa shape index (κ1) is 20.1. The molecule has 0 amide bonds. The van der Waals surface area contributed by atoms with Crippen LogP contribution in [0.15, 0.2) is 24.3 Å². The van der Waals surface area contributed by atoms with Gasteiger partial charge in [0.05, 0.1) is 41.6 Å². The molecule has 2 aromatic carbocycles. The van der Waals surface area contributed by atoms with Gasteiger partial charge in [-0.1, -0.05) is 0 Å². The van der Waals surface area contributed by atoms with Crippen LogP contribution >= 0.6 is 0 Å². The molecule has 6 heteroatoms. The Kier molecular flexibility index (Phi) is 5.61. The molecule has 1 N–H and O–H groups in total. The van der Waals surface area contributed by atoms with E-state index in [-0.39, 0.29) is 11.6 Å². The van der Waals surface area contributed by atoms with E-state index in [1.807, 2.05) is 18.2 Å². The summed E-state index contributed by atoms with van der Waals surface area (Å²) in [6, 6.07) is 8.03. The first-order chi connectivity index (χ1) is 13.4. The number of ether oxygens (including phenoxy) is 5. The number of hydrogen-bond acceptors (Lipinski definition) is 6. The van der Waals surface area contributed by atoms with Gasteiger partial charge in [-0.05, 0) is 61.2 Å². The SMILES string of the molecule is COc1cc2c(cc1OC)[C@@H](c1cc(OC)c(OC)c(OC)c1)NC(C)(C)C2. The predicted octanol–water partition coefficient (Wildman–Crippen LogP) is 3.74. The molecule has 0 spiro atoms. The number of nitrogens with one attached hydrogen (secondary N) is 1. The van der Waals surface area contributed by atoms with Crippen molar-refractivity contribution < 1.29 is 23.7 Å². The molecule has 0 saturated carbocycles. The molecule has 0 aromatic heterocycles. The molecule has 1 atom stereocenters. The average molecular weight is 387 g/mol. The lowest BCUT2D eigenvalue weighted by atomic mass is 9.81. The quantitative estimate of drug-likeness (QED) is 0.815. The topological polar surface area (TPSA) is 58.2 Å². The minimum Gasteiger partial charge on any atom is -0.493 e. The van der Waals surface area contributed by atoms with E-state index in [0.717, 1.165) is 23.3 Å². The van der Waals surface area contributed by atoms with Crippen LogP contribution < -0.4 is 29.0 Å². The second-order valence-corrected chi connectivity index (χ2v) is 7.50. The molecule has 152 valence electrons. The van der Waals surface area contributed by atoms with E-state index >= 15 is 0 Å². The molecule has 0 saturated heterocycles. The molecule has 0 fully saturated rings. The summed E-state index contributed by atoms with van der Waals surface area (Å²) in [7, 11) is 8.17. The second kappa shape index (κ2) is 7.80. The van der Waals surface area contributed by atoms with E-state index in [4.69, 9.17) is 23.7 Å². The van der Waals surface area contributed by atoms with Gasteiger partial charge in [-0.25, -0.2) is 0 Å². The minimum atomic E-state index is -0.0995. The summed E-state index contributed by atoms with van der Waals surface area (Å²) in [4.78, 5) is 0. The zero-order valence-electron chi connectivity index (χ0n) is 17.6. The third-order valence-corrected chi connectivity index (χ3v) is 5.14. The molecule has 0 aliphatic carbocycles. The highest BCUT2D eigenvalue weighted by Gasteiger charge is 2.34. The highest BCUT2D eigenvalue weighted by molar-refractivity contribution is 5.58. The van der Waals surface area contributed by atoms with Crippen LogP contribution in [0.5, 0.6) is 28.7 Å². The average Bonchev–Trinajstić information content (AvgIpc) is 2.70. The summed E-state index contributed by atoms with van der Waals surface area (Å²) < 4.78 is 27.6. The van der Waals surface area contributed by atoms with Crippen molar-refractivity contribution in [3.8, 4) is 28.7 Å². The molecule has 0 bridgehead atoms. The van der Waals surface area contributed by atoms with Gasteiger partial charge in [-0.2, -0.15) is 0 Å². The molecular weight excluding hydrogens is 358 g/mol. The monoisotopic (exact) mass is 387 g/mol. The van der Waals surface area contributed by atoms with Gasteiger partial charge in [0.1, 0.15) is 0 Å². The maximum Gasteiger partial charge on any atom is 0.203 e. The largest absolute Gasteiger partial charge is 0.493 e. The third-order valence-electron chi connectivity index (χ3n) is 5.14. The molecule has 0 radical (unpaired) electrons. The Labute approximate surface area is 166 Å². The Hall–Kier alpha value is -2.60. The number of fused-ring (bicyclic) bond motifs is 1. The van der Waals surface area contributed by atoms with Crippen molar-refractivity contribution in [3.63, 3.8) is 0 Å². The summed E-state index contributed by atoms with van der Waals surface area (Å²) >= 11 is 0. The molecule has 3 rings (SSSR count). The summed E-state index contributed by atoms with van der Waals surface area (Å²) in [6.45, 7) is 4.38. The predicted molar refractivity (Wildman–Crippen MR) is 108 cm³/mol. The maximum atomic E-state index is 5.55. The number of benzene rings is 2. The Bertz CT molecular complexity index is 837. The molecule has 1 aliphatic heterocycles. The van der Waals surface area contributed by atoms with E-state index in [1.54, 1.807) is 35.5 Å². The van der Waals surface area contributed by atoms with Crippen LogP contribution in [-0.4, -0.2) is 41.1 Å². The fourth-order valence-electron chi connectivity index (χ4n) is 3.89. The number of rotatable bonds is 6. The van der Waals surface area contributed by atoms with Crippen molar-refractivity contribution in [2.45, 2.75) is 31.8 Å². The first-order valence-corrected chi connectivity index (χ1v) is 9.19. The Morgan fingerprint density at radius 1 is 0.750 bits per heavy atom. The fourth-order valence-corrected chi connectivity index (χ4v) is 3.89. The summed E-state index contributed by atoms with van der Waals surface area (Å²) in [5.41, 5.74) is 3.29. The lowest BCUT2D eigenvalue weighted by Crippen LogP contribution is -2.47. The third kappa shape index (κ3) is 3.56. The molecule has 6 nitrogen and oxygen atoms in total. The zero-order valence-corrected chi connectivity index (χ0v) is 17.6. The molecule has 1 heterocycles. The Morgan fingerprint density at radius 3 is 1.79 bits per heavy atom. The molecule has 2 aromatic rings. The Balaban J connectivity index is 2.20. The smallest absolute Gasteiger partial charge is 0.203 e. The lowest BCUT2D eigenvalue weighted by molar-refractivity contribution is 0.314. The van der Waals surface area contributed by atoms with E-state index < -0.39 is 0 Å². The summed E-state index contributed by atoms with van der Waals surface area (Å²) in [5, 5.41) is 3.75. The van der Waals surface area contributed by atoms with Crippen molar-refractivity contribution in [3.05, 3.63) is 41.0 Å². The van der Waals surface area contributed by atoms with Gasteiger partial charge in [0, 0.05) is 5.54 Å². The van der Waals surface area contributed by atoms with Gasteiger partial charge in [0.25, 0.3) is 0 Å². The van der Waals surface area contributed by atoms with E-state index in [9.17, 15) is 0 Å². The minimum absolute atomic E-state index is 0.0627. The molecule has 28 heavy (non-hydrogen) atoms. The fraction of sp³-hybridized carbons (Fsp3) is 0.455. The van der Waals surface area contributed by atoms with Gasteiger partial charge in [-0.15, -0.1) is 0 Å². The van der Waals surface area contributed by atoms with Crippen LogP contribution in [0.1, 0.15) is 36.6 Å². The second-order valence-electron chi connectivity index (χ2n) is 7.50. The normalized spacial score (nSPS) is 17.5. The van der Waals surface area contributed by atoms with Gasteiger partial charge in [0.15, 0.2) is 23.0 Å². The van der Waals surface area contributed by atoms with Gasteiger partial charge >= 0.3 is 0 Å². The molecular formula is C22H29NO5. The van der Waals surface area contributed by atoms with Gasteiger partial charge < -0.3 is 29.0 Å². The van der Waals surface area contributed by atoms with Crippen molar-refractivity contribution in [2.75, 3.05) is 35.5 Å². The molecule has 0 unspecified atom stereocenters. The highest BCUT2D eigenvalue weighted by atomic mass is 16.5. The maximum absolute atomic E-state index is 5.55. The summed E-state index contributed by atoms with van der Waals surface area (Å²) in [5.74, 6) is 3.28. The van der Waals surface area contributed by atoms with Crippen LogP contribution in [-0.2, 0) is 6.42 Å². The van der Waals surface area contributed by atoms with Crippen molar-refractivity contribution in [1.29, 1.82) is 0 Å². The van der Waals surface area contributed by atoms with Crippen LogP contribution in [0.25, 0.3) is 0 Å². The zero-order chi connectivity index (χ0) is 20.5. The van der Waals surface area contributed by atoms with Crippen molar-refractivity contribution >= 4 is 0 Å². The molecule has 1 aliphatic rings. The summed E-state index contributed by atoms with van der Waals surface area (Å²) in [6.07, 6.45) is 0.879. The van der Waals surface area contributed by atoms with Crippen LogP contribution in [0.4, 0.5) is 0 Å². The van der Waals surface area contributed by atoms with E-state index in [1.165, 1.54) is 5.56 Å². The Morgan fingerprint density at radius 2 is 1.29 bits per heavy atom. The van der Waals surface area contributed by atoms with Crippen molar-refractivity contribution in [2.24, 2.45) is 0 Å². The van der Waals surface area contributed by atoms with Gasteiger partial charge in [-0.3, -0.25) is 0 Å². The lowest BCUT2D eigenvalue weighted by Gasteiger charge is -2.39. The highest BCUT2D eigenvalue weighted by Crippen LogP contribution is 2.45.